The van der Waals surface area contributed by atoms with Crippen LogP contribution in [0.1, 0.15) is 18.5 Å². The maximum Gasteiger partial charge on any atom is 0.259 e. The van der Waals surface area contributed by atoms with Crippen molar-refractivity contribution in [3.63, 3.8) is 0 Å². The number of carbonyl (C=O) groups excluding carboxylic acids is 2. The van der Waals surface area contributed by atoms with Crippen molar-refractivity contribution in [2.24, 2.45) is 10.7 Å². The summed E-state index contributed by atoms with van der Waals surface area (Å²) in [6.07, 6.45) is 0. The Hall–Kier alpha value is -2.61. The van der Waals surface area contributed by atoms with E-state index in [1.165, 1.54) is 0 Å². The fourth-order valence-corrected chi connectivity index (χ4v) is 2.74. The summed E-state index contributed by atoms with van der Waals surface area (Å²) in [5.41, 5.74) is 6.84. The topological polar surface area (TPSA) is 117 Å². The number of carbonyl (C=O) groups is 2. The second kappa shape index (κ2) is 5.30. The molecule has 116 valence electrons. The van der Waals surface area contributed by atoms with E-state index in [4.69, 9.17) is 15.6 Å². The molecule has 0 bridgehead atoms. The molecule has 1 aromatic carbocycles. The van der Waals surface area contributed by atoms with Crippen LogP contribution in [0.5, 0.6) is 5.75 Å². The lowest BCUT2D eigenvalue weighted by Crippen LogP contribution is -2.47. The molecule has 1 aromatic rings. The lowest BCUT2D eigenvalue weighted by atomic mass is 10.0. The van der Waals surface area contributed by atoms with E-state index in [1.807, 2.05) is 6.92 Å². The van der Waals surface area contributed by atoms with Crippen molar-refractivity contribution < 1.29 is 19.4 Å². The fourth-order valence-electron chi connectivity index (χ4n) is 2.74. The van der Waals surface area contributed by atoms with Gasteiger partial charge in [-0.1, -0.05) is 0 Å². The van der Waals surface area contributed by atoms with Crippen molar-refractivity contribution >= 4 is 23.5 Å². The quantitative estimate of drug-likeness (QED) is 0.642. The van der Waals surface area contributed by atoms with Crippen molar-refractivity contribution in [3.05, 3.63) is 23.8 Å². The molecule has 2 aliphatic heterocycles. The van der Waals surface area contributed by atoms with Crippen LogP contribution in [0, 0.1) is 0 Å². The average molecular weight is 304 g/mol. The standard InChI is InChI=1S/C14H16N4O4/c1-7-9-6-8(22-5-4-19)2-3-10(9)16-14-17-13(21)11(12(15)20)18(7)14/h2-3,6-7,11,19H,4-5H2,1H3,(H2,15,20)(H,16,17,21). The van der Waals surface area contributed by atoms with Crippen molar-refractivity contribution in [3.8, 4) is 5.75 Å². The molecule has 0 aliphatic carbocycles. The summed E-state index contributed by atoms with van der Waals surface area (Å²) in [5, 5.41) is 11.4. The number of guanidine groups is 1. The molecule has 0 saturated carbocycles. The van der Waals surface area contributed by atoms with Gasteiger partial charge in [-0.05, 0) is 25.1 Å². The monoisotopic (exact) mass is 304 g/mol. The van der Waals surface area contributed by atoms with Gasteiger partial charge in [-0.3, -0.25) is 14.9 Å². The second-order valence-electron chi connectivity index (χ2n) is 5.11. The number of benzene rings is 1. The Morgan fingerprint density at radius 1 is 1.55 bits per heavy atom. The highest BCUT2D eigenvalue weighted by Crippen LogP contribution is 2.38. The smallest absolute Gasteiger partial charge is 0.259 e. The number of aliphatic hydroxyl groups is 1. The third kappa shape index (κ3) is 2.17. The van der Waals surface area contributed by atoms with Crippen LogP contribution in [0.3, 0.4) is 0 Å². The molecular formula is C14H16N4O4. The van der Waals surface area contributed by atoms with Gasteiger partial charge in [0, 0.05) is 5.56 Å². The lowest BCUT2D eigenvalue weighted by molar-refractivity contribution is -0.131. The highest BCUT2D eigenvalue weighted by Gasteiger charge is 2.45. The number of aliphatic imine (C=N–C) groups is 1. The molecule has 8 nitrogen and oxygen atoms in total. The third-order valence-corrected chi connectivity index (χ3v) is 3.73. The van der Waals surface area contributed by atoms with E-state index in [0.29, 0.717) is 17.4 Å². The van der Waals surface area contributed by atoms with E-state index >= 15 is 0 Å². The van der Waals surface area contributed by atoms with E-state index in [9.17, 15) is 9.59 Å². The van der Waals surface area contributed by atoms with E-state index in [-0.39, 0.29) is 19.3 Å². The van der Waals surface area contributed by atoms with Crippen LogP contribution in [-0.2, 0) is 9.59 Å². The van der Waals surface area contributed by atoms with E-state index in [0.717, 1.165) is 5.56 Å². The van der Waals surface area contributed by atoms with Crippen LogP contribution in [-0.4, -0.2) is 47.0 Å². The number of primary amides is 1. The van der Waals surface area contributed by atoms with Crippen LogP contribution in [0.25, 0.3) is 0 Å². The van der Waals surface area contributed by atoms with Crippen molar-refractivity contribution in [1.82, 2.24) is 10.2 Å². The van der Waals surface area contributed by atoms with Gasteiger partial charge in [-0.2, -0.15) is 0 Å². The number of aliphatic hydroxyl groups excluding tert-OH is 1. The predicted molar refractivity (Wildman–Crippen MR) is 77.5 cm³/mol. The molecule has 2 atom stereocenters. The first kappa shape index (κ1) is 14.3. The van der Waals surface area contributed by atoms with Gasteiger partial charge < -0.3 is 20.5 Å². The third-order valence-electron chi connectivity index (χ3n) is 3.73. The van der Waals surface area contributed by atoms with Crippen LogP contribution in [0.2, 0.25) is 0 Å². The largest absolute Gasteiger partial charge is 0.491 e. The van der Waals surface area contributed by atoms with Gasteiger partial charge >= 0.3 is 0 Å². The van der Waals surface area contributed by atoms with Crippen molar-refractivity contribution in [2.75, 3.05) is 13.2 Å². The Morgan fingerprint density at radius 2 is 2.32 bits per heavy atom. The summed E-state index contributed by atoms with van der Waals surface area (Å²) in [5.74, 6) is -0.265. The molecule has 1 saturated heterocycles. The fraction of sp³-hybridized carbons (Fsp3) is 0.357. The van der Waals surface area contributed by atoms with E-state index in [2.05, 4.69) is 10.3 Å². The van der Waals surface area contributed by atoms with Gasteiger partial charge in [0.2, 0.25) is 11.9 Å². The molecule has 0 spiro atoms. The molecule has 1 fully saturated rings. The average Bonchev–Trinajstić information content (AvgIpc) is 2.82. The molecule has 0 radical (unpaired) electrons. The molecule has 0 aromatic heterocycles. The maximum atomic E-state index is 11.9. The first-order valence-electron chi connectivity index (χ1n) is 6.87. The normalized spacial score (nSPS) is 22.5. The Kier molecular flexibility index (Phi) is 3.45. The number of nitrogens with one attached hydrogen (secondary N) is 1. The van der Waals surface area contributed by atoms with Gasteiger partial charge in [0.15, 0.2) is 6.04 Å². The highest BCUT2D eigenvalue weighted by molar-refractivity contribution is 6.17. The minimum Gasteiger partial charge on any atom is -0.491 e. The molecule has 2 heterocycles. The summed E-state index contributed by atoms with van der Waals surface area (Å²) < 4.78 is 5.39. The van der Waals surface area contributed by atoms with Gasteiger partial charge in [-0.15, -0.1) is 0 Å². The molecule has 2 aliphatic rings. The van der Waals surface area contributed by atoms with Crippen LogP contribution in [0.4, 0.5) is 5.69 Å². The summed E-state index contributed by atoms with van der Waals surface area (Å²) in [6, 6.07) is 3.97. The Morgan fingerprint density at radius 3 is 3.00 bits per heavy atom. The van der Waals surface area contributed by atoms with E-state index < -0.39 is 17.9 Å². The zero-order chi connectivity index (χ0) is 15.9. The number of hydrogen-bond acceptors (Lipinski definition) is 6. The molecule has 22 heavy (non-hydrogen) atoms. The summed E-state index contributed by atoms with van der Waals surface area (Å²) >= 11 is 0. The first-order valence-corrected chi connectivity index (χ1v) is 6.87. The maximum absolute atomic E-state index is 11.9. The van der Waals surface area contributed by atoms with Gasteiger partial charge in [0.25, 0.3) is 5.91 Å². The minimum absolute atomic E-state index is 0.0801. The number of rotatable bonds is 4. The summed E-state index contributed by atoms with van der Waals surface area (Å²) in [7, 11) is 0. The summed E-state index contributed by atoms with van der Waals surface area (Å²) in [4.78, 5) is 29.4. The van der Waals surface area contributed by atoms with E-state index in [1.54, 1.807) is 23.1 Å². The van der Waals surface area contributed by atoms with Crippen molar-refractivity contribution in [1.29, 1.82) is 0 Å². The van der Waals surface area contributed by atoms with Gasteiger partial charge in [0.05, 0.1) is 18.3 Å². The van der Waals surface area contributed by atoms with Crippen LogP contribution in [0.15, 0.2) is 23.2 Å². The minimum atomic E-state index is -1.07. The summed E-state index contributed by atoms with van der Waals surface area (Å²) in [6.45, 7) is 1.97. The number of nitrogens with zero attached hydrogens (tertiary/aromatic N) is 2. The zero-order valence-corrected chi connectivity index (χ0v) is 11.9. The van der Waals surface area contributed by atoms with Crippen LogP contribution < -0.4 is 15.8 Å². The number of fused-ring (bicyclic) bond motifs is 2. The molecular weight excluding hydrogens is 288 g/mol. The first-order chi connectivity index (χ1) is 10.5. The van der Waals surface area contributed by atoms with Gasteiger partial charge in [-0.25, -0.2) is 4.99 Å². The number of amides is 2. The molecule has 4 N–H and O–H groups in total. The Bertz CT molecular complexity index is 673. The molecule has 2 amide bonds. The lowest BCUT2D eigenvalue weighted by Gasteiger charge is -2.33. The van der Waals surface area contributed by atoms with Crippen molar-refractivity contribution in [2.45, 2.75) is 19.0 Å². The number of nitrogens with two attached hydrogens (primary N) is 1. The van der Waals surface area contributed by atoms with Crippen LogP contribution >= 0.6 is 0 Å². The SMILES string of the molecule is CC1c2cc(OCCO)ccc2N=C2NC(=O)C(C(N)=O)N21. The van der Waals surface area contributed by atoms with Gasteiger partial charge in [0.1, 0.15) is 12.4 Å². The Balaban J connectivity index is 1.98. The Labute approximate surface area is 126 Å². The molecule has 2 unspecified atom stereocenters. The molecule has 3 rings (SSSR count). The second-order valence-corrected chi connectivity index (χ2v) is 5.11. The number of ether oxygens (including phenoxy) is 1. The number of hydrogen-bond donors (Lipinski definition) is 3. The molecule has 8 heteroatoms. The zero-order valence-electron chi connectivity index (χ0n) is 11.9. The highest BCUT2D eigenvalue weighted by atomic mass is 16.5. The predicted octanol–water partition coefficient (Wildman–Crippen LogP) is -0.594.